The summed E-state index contributed by atoms with van der Waals surface area (Å²) in [6, 6.07) is 13.1. The third kappa shape index (κ3) is 6.66. The number of nitrogens with zero attached hydrogens (tertiary/aromatic N) is 5. The van der Waals surface area contributed by atoms with Crippen LogP contribution in [0, 0.1) is 11.6 Å². The first-order chi connectivity index (χ1) is 25.5. The topological polar surface area (TPSA) is 97.8 Å². The molecule has 0 bridgehead atoms. The number of alkyl halides is 2. The van der Waals surface area contributed by atoms with Crippen molar-refractivity contribution in [2.45, 2.75) is 51.2 Å². The Balaban J connectivity index is 1.10. The molecule has 53 heavy (non-hydrogen) atoms. The fourth-order valence-corrected chi connectivity index (χ4v) is 7.74. The number of piperazine rings is 1. The van der Waals surface area contributed by atoms with Gasteiger partial charge in [0.15, 0.2) is 0 Å². The van der Waals surface area contributed by atoms with Crippen LogP contribution in [0.4, 0.5) is 23.2 Å². The molecule has 9 nitrogen and oxygen atoms in total. The standard InChI is InChI=1S/C40H40F4N6O3/c1-40(2,49-11-9-48(10-12-49)21-36(43)44)25-5-6-32(46-20-25)33-19-29-27(7-8-45-38(29)47-33)28-17-26(41)18-34(30(28)22-51)50-13-14-53-35-16-24(23-3-4-23)15-31(42)37(35)39(50)52/h5-8,15-20,23,36,51H,3-4,9-14,21-22H2,1-2H3,(H,45,47). The average Bonchev–Trinajstić information content (AvgIpc) is 3.92. The van der Waals surface area contributed by atoms with Gasteiger partial charge in [0.1, 0.15) is 35.2 Å². The van der Waals surface area contributed by atoms with Gasteiger partial charge in [-0.2, -0.15) is 0 Å². The molecule has 1 aliphatic carbocycles. The number of carbonyl (C=O) groups is 1. The summed E-state index contributed by atoms with van der Waals surface area (Å²) in [7, 11) is 0. The first-order valence-electron chi connectivity index (χ1n) is 17.9. The van der Waals surface area contributed by atoms with Gasteiger partial charge in [-0.25, -0.2) is 22.5 Å². The molecular weight excluding hydrogens is 688 g/mol. The number of anilines is 1. The third-order valence-electron chi connectivity index (χ3n) is 10.9. The van der Waals surface area contributed by atoms with Gasteiger partial charge in [-0.1, -0.05) is 6.07 Å². The van der Waals surface area contributed by atoms with Gasteiger partial charge in [0.05, 0.1) is 36.8 Å². The van der Waals surface area contributed by atoms with Crippen molar-refractivity contribution in [1.82, 2.24) is 24.8 Å². The molecule has 5 heterocycles. The number of rotatable bonds is 9. The normalized spacial score (nSPS) is 17.4. The van der Waals surface area contributed by atoms with E-state index in [1.54, 1.807) is 23.2 Å². The predicted molar refractivity (Wildman–Crippen MR) is 193 cm³/mol. The number of carbonyl (C=O) groups excluding carboxylic acids is 1. The van der Waals surface area contributed by atoms with E-state index in [0.29, 0.717) is 65.3 Å². The molecule has 0 spiro atoms. The van der Waals surface area contributed by atoms with Gasteiger partial charge in [0, 0.05) is 55.1 Å². The Morgan fingerprint density at radius 1 is 0.981 bits per heavy atom. The van der Waals surface area contributed by atoms with E-state index in [1.807, 2.05) is 24.4 Å². The second-order valence-corrected chi connectivity index (χ2v) is 14.5. The van der Waals surface area contributed by atoms with Crippen LogP contribution in [-0.2, 0) is 12.1 Å². The highest BCUT2D eigenvalue weighted by atomic mass is 19.3. The van der Waals surface area contributed by atoms with Crippen LogP contribution in [0.15, 0.2) is 60.9 Å². The molecule has 5 aromatic rings. The van der Waals surface area contributed by atoms with E-state index >= 15 is 8.78 Å². The van der Waals surface area contributed by atoms with Crippen LogP contribution in [0.5, 0.6) is 5.75 Å². The van der Waals surface area contributed by atoms with Crippen LogP contribution in [-0.4, -0.2) is 88.1 Å². The van der Waals surface area contributed by atoms with Crippen LogP contribution in [0.1, 0.15) is 59.7 Å². The highest BCUT2D eigenvalue weighted by Crippen LogP contribution is 2.44. The number of nitrogens with one attached hydrogen (secondary N) is 1. The summed E-state index contributed by atoms with van der Waals surface area (Å²) in [6.07, 6.45) is 2.98. The quantitative estimate of drug-likeness (QED) is 0.157. The number of amides is 1. The maximum Gasteiger partial charge on any atom is 0.265 e. The van der Waals surface area contributed by atoms with Crippen LogP contribution < -0.4 is 9.64 Å². The molecule has 1 saturated carbocycles. The number of halogens is 4. The van der Waals surface area contributed by atoms with Crippen LogP contribution >= 0.6 is 0 Å². The van der Waals surface area contributed by atoms with Gasteiger partial charge in [-0.05, 0) is 97.3 Å². The lowest BCUT2D eigenvalue weighted by Crippen LogP contribution is -2.53. The number of ether oxygens (including phenoxy) is 1. The van der Waals surface area contributed by atoms with E-state index in [9.17, 15) is 18.7 Å². The predicted octanol–water partition coefficient (Wildman–Crippen LogP) is 7.10. The fourth-order valence-electron chi connectivity index (χ4n) is 7.74. The van der Waals surface area contributed by atoms with Crippen molar-refractivity contribution in [2.24, 2.45) is 0 Å². The Bertz CT molecular complexity index is 2180. The molecule has 2 N–H and O–H groups in total. The zero-order valence-electron chi connectivity index (χ0n) is 29.5. The van der Waals surface area contributed by atoms with Gasteiger partial charge >= 0.3 is 0 Å². The maximum atomic E-state index is 15.6. The Morgan fingerprint density at radius 3 is 2.47 bits per heavy atom. The van der Waals surface area contributed by atoms with Crippen molar-refractivity contribution >= 4 is 22.6 Å². The van der Waals surface area contributed by atoms with E-state index < -0.39 is 30.6 Å². The van der Waals surface area contributed by atoms with Crippen LogP contribution in [0.2, 0.25) is 0 Å². The first-order valence-corrected chi connectivity index (χ1v) is 17.9. The zero-order valence-corrected chi connectivity index (χ0v) is 29.5. The smallest absolute Gasteiger partial charge is 0.265 e. The minimum absolute atomic E-state index is 0.0229. The van der Waals surface area contributed by atoms with E-state index in [-0.39, 0.29) is 48.2 Å². The number of benzene rings is 2. The maximum absolute atomic E-state index is 15.6. The van der Waals surface area contributed by atoms with Crippen molar-refractivity contribution in [1.29, 1.82) is 0 Å². The molecule has 2 aromatic carbocycles. The lowest BCUT2D eigenvalue weighted by Gasteiger charge is -2.44. The average molecular weight is 729 g/mol. The number of aromatic nitrogens is 3. The summed E-state index contributed by atoms with van der Waals surface area (Å²) in [5, 5.41) is 11.4. The molecule has 2 fully saturated rings. The van der Waals surface area contributed by atoms with Gasteiger partial charge < -0.3 is 19.7 Å². The molecule has 0 radical (unpaired) electrons. The number of aliphatic hydroxyl groups is 1. The molecule has 8 rings (SSSR count). The second-order valence-electron chi connectivity index (χ2n) is 14.5. The highest BCUT2D eigenvalue weighted by Gasteiger charge is 2.35. The number of hydrogen-bond acceptors (Lipinski definition) is 7. The number of aliphatic hydroxyl groups excluding tert-OH is 1. The SMILES string of the molecule is CC(C)(c1ccc(-c2cc3c(-c4cc(F)cc(N5CCOc6cc(C7CC7)cc(F)c6C5=O)c4CO)ccnc3[nH]2)nc1)N1CCN(CC(F)F)CC1. The Morgan fingerprint density at radius 2 is 1.77 bits per heavy atom. The number of aromatic amines is 1. The van der Waals surface area contributed by atoms with Crippen LogP contribution in [0.25, 0.3) is 33.5 Å². The third-order valence-corrected chi connectivity index (χ3v) is 10.9. The molecule has 3 aliphatic rings. The lowest BCUT2D eigenvalue weighted by atomic mass is 9.92. The Labute approximate surface area is 304 Å². The summed E-state index contributed by atoms with van der Waals surface area (Å²) in [6.45, 7) is 6.04. The molecule has 0 unspecified atom stereocenters. The molecule has 2 aliphatic heterocycles. The van der Waals surface area contributed by atoms with E-state index in [1.165, 1.54) is 23.1 Å². The molecule has 1 saturated heterocycles. The van der Waals surface area contributed by atoms with Crippen molar-refractivity contribution in [3.8, 4) is 28.3 Å². The van der Waals surface area contributed by atoms with Crippen molar-refractivity contribution < 1.29 is 32.2 Å². The van der Waals surface area contributed by atoms with E-state index in [0.717, 1.165) is 24.0 Å². The molecule has 0 atom stereocenters. The zero-order chi connectivity index (χ0) is 37.0. The van der Waals surface area contributed by atoms with E-state index in [4.69, 9.17) is 9.72 Å². The fraction of sp³-hybridized carbons (Fsp3) is 0.375. The molecular formula is C40H40F4N6O3. The number of pyridine rings is 2. The van der Waals surface area contributed by atoms with Crippen molar-refractivity contribution in [3.05, 3.63) is 94.8 Å². The Kier molecular flexibility index (Phi) is 9.20. The highest BCUT2D eigenvalue weighted by molar-refractivity contribution is 6.09. The molecule has 13 heteroatoms. The minimum Gasteiger partial charge on any atom is -0.491 e. The van der Waals surface area contributed by atoms with Gasteiger partial charge in [0.2, 0.25) is 0 Å². The number of H-pyrrole nitrogens is 1. The largest absolute Gasteiger partial charge is 0.491 e. The summed E-state index contributed by atoms with van der Waals surface area (Å²) in [5.41, 5.74) is 4.40. The monoisotopic (exact) mass is 728 g/mol. The van der Waals surface area contributed by atoms with Gasteiger partial charge in [0.25, 0.3) is 12.3 Å². The summed E-state index contributed by atoms with van der Waals surface area (Å²) in [5.74, 6) is -1.55. The number of hydrogen-bond donors (Lipinski definition) is 2. The Hall–Kier alpha value is -4.85. The van der Waals surface area contributed by atoms with Crippen LogP contribution in [0.3, 0.4) is 0 Å². The second kappa shape index (κ2) is 13.9. The molecule has 276 valence electrons. The minimum atomic E-state index is -2.35. The summed E-state index contributed by atoms with van der Waals surface area (Å²) in [4.78, 5) is 31.9. The molecule has 1 amide bonds. The summed E-state index contributed by atoms with van der Waals surface area (Å²) < 4.78 is 62.7. The van der Waals surface area contributed by atoms with E-state index in [2.05, 4.69) is 28.7 Å². The van der Waals surface area contributed by atoms with Gasteiger partial charge in [-0.3, -0.25) is 19.6 Å². The van der Waals surface area contributed by atoms with Gasteiger partial charge in [-0.15, -0.1) is 0 Å². The lowest BCUT2D eigenvalue weighted by molar-refractivity contribution is 0.0201. The summed E-state index contributed by atoms with van der Waals surface area (Å²) >= 11 is 0. The number of fused-ring (bicyclic) bond motifs is 2. The first kappa shape index (κ1) is 35.2. The molecule has 3 aromatic heterocycles. The van der Waals surface area contributed by atoms with Crippen molar-refractivity contribution in [2.75, 3.05) is 50.8 Å². The van der Waals surface area contributed by atoms with Crippen molar-refractivity contribution in [3.63, 3.8) is 0 Å².